The number of halogens is 1. The fourth-order valence-electron chi connectivity index (χ4n) is 2.32. The SMILES string of the molecule is N#Cc1ccc(N2CCC(OCCO)CC2)c(Cl)c1. The molecule has 1 aliphatic heterocycles. The minimum Gasteiger partial charge on any atom is -0.394 e. The standard InChI is InChI=1S/C14H17ClN2O2/c15-13-9-11(10-16)1-2-14(13)17-5-3-12(4-6-17)19-8-7-18/h1-2,9,12,18H,3-8H2. The van der Waals surface area contributed by atoms with Crippen molar-refractivity contribution in [3.8, 4) is 6.07 Å². The molecule has 0 aromatic heterocycles. The zero-order valence-electron chi connectivity index (χ0n) is 10.7. The summed E-state index contributed by atoms with van der Waals surface area (Å²) >= 11 is 6.20. The van der Waals surface area contributed by atoms with E-state index >= 15 is 0 Å². The van der Waals surface area contributed by atoms with Crippen molar-refractivity contribution in [1.29, 1.82) is 5.26 Å². The van der Waals surface area contributed by atoms with Crippen molar-refractivity contribution >= 4 is 17.3 Å². The van der Waals surface area contributed by atoms with Gasteiger partial charge < -0.3 is 14.7 Å². The lowest BCUT2D eigenvalue weighted by molar-refractivity contribution is 0.0159. The summed E-state index contributed by atoms with van der Waals surface area (Å²) < 4.78 is 5.53. The molecule has 0 spiro atoms. The van der Waals surface area contributed by atoms with Gasteiger partial charge in [-0.3, -0.25) is 0 Å². The monoisotopic (exact) mass is 280 g/mol. The minimum absolute atomic E-state index is 0.0711. The molecule has 0 unspecified atom stereocenters. The van der Waals surface area contributed by atoms with Crippen LogP contribution in [-0.2, 0) is 4.74 Å². The second-order valence-corrected chi connectivity index (χ2v) is 4.97. The summed E-state index contributed by atoms with van der Waals surface area (Å²) in [6.45, 7) is 2.23. The molecule has 102 valence electrons. The molecule has 2 rings (SSSR count). The van der Waals surface area contributed by atoms with Crippen molar-refractivity contribution in [1.82, 2.24) is 0 Å². The van der Waals surface area contributed by atoms with Gasteiger partial charge >= 0.3 is 0 Å². The van der Waals surface area contributed by atoms with Gasteiger partial charge in [-0.2, -0.15) is 5.26 Å². The summed E-state index contributed by atoms with van der Waals surface area (Å²) in [4.78, 5) is 2.21. The molecule has 1 aromatic carbocycles. The zero-order chi connectivity index (χ0) is 13.7. The topological polar surface area (TPSA) is 56.5 Å². The molecular formula is C14H17ClN2O2. The van der Waals surface area contributed by atoms with Gasteiger partial charge in [0.25, 0.3) is 0 Å². The smallest absolute Gasteiger partial charge is 0.0992 e. The predicted octanol–water partition coefficient (Wildman–Crippen LogP) is 2.19. The van der Waals surface area contributed by atoms with Crippen LogP contribution in [0.5, 0.6) is 0 Å². The molecule has 0 atom stereocenters. The van der Waals surface area contributed by atoms with Crippen molar-refractivity contribution in [2.75, 3.05) is 31.2 Å². The zero-order valence-corrected chi connectivity index (χ0v) is 11.4. The number of hydrogen-bond acceptors (Lipinski definition) is 4. The Morgan fingerprint density at radius 2 is 2.16 bits per heavy atom. The second kappa shape index (κ2) is 6.76. The minimum atomic E-state index is 0.0711. The summed E-state index contributed by atoms with van der Waals surface area (Å²) in [7, 11) is 0. The predicted molar refractivity (Wildman–Crippen MR) is 74.4 cm³/mol. The van der Waals surface area contributed by atoms with Crippen molar-refractivity contribution in [2.24, 2.45) is 0 Å². The second-order valence-electron chi connectivity index (χ2n) is 4.56. The number of aliphatic hydroxyl groups is 1. The van der Waals surface area contributed by atoms with Crippen LogP contribution in [0.3, 0.4) is 0 Å². The van der Waals surface area contributed by atoms with Gasteiger partial charge in [0, 0.05) is 13.1 Å². The molecular weight excluding hydrogens is 264 g/mol. The van der Waals surface area contributed by atoms with Crippen molar-refractivity contribution in [3.63, 3.8) is 0 Å². The maximum atomic E-state index is 8.82. The Balaban J connectivity index is 1.96. The Labute approximate surface area is 118 Å². The van der Waals surface area contributed by atoms with E-state index in [0.717, 1.165) is 31.6 Å². The molecule has 5 heteroatoms. The molecule has 1 heterocycles. The molecule has 1 N–H and O–H groups in total. The van der Waals surface area contributed by atoms with Crippen molar-refractivity contribution in [3.05, 3.63) is 28.8 Å². The van der Waals surface area contributed by atoms with Gasteiger partial charge in [-0.15, -0.1) is 0 Å². The number of nitriles is 1. The van der Waals surface area contributed by atoms with Crippen molar-refractivity contribution < 1.29 is 9.84 Å². The fraction of sp³-hybridized carbons (Fsp3) is 0.500. The van der Waals surface area contributed by atoms with Crippen molar-refractivity contribution in [2.45, 2.75) is 18.9 Å². The summed E-state index contributed by atoms with van der Waals surface area (Å²) in [5, 5.41) is 18.2. The lowest BCUT2D eigenvalue weighted by Gasteiger charge is -2.34. The number of hydrogen-bond donors (Lipinski definition) is 1. The maximum Gasteiger partial charge on any atom is 0.0992 e. The number of anilines is 1. The van der Waals surface area contributed by atoms with Crippen LogP contribution < -0.4 is 4.90 Å². The van der Waals surface area contributed by atoms with Crippen LogP contribution in [0.4, 0.5) is 5.69 Å². The maximum absolute atomic E-state index is 8.82. The van der Waals surface area contributed by atoms with Crippen LogP contribution in [-0.4, -0.2) is 37.5 Å². The largest absolute Gasteiger partial charge is 0.394 e. The lowest BCUT2D eigenvalue weighted by Crippen LogP contribution is -2.37. The number of benzene rings is 1. The molecule has 1 saturated heterocycles. The van der Waals surface area contributed by atoms with Crippen LogP contribution in [0, 0.1) is 11.3 Å². The van der Waals surface area contributed by atoms with Crippen LogP contribution >= 0.6 is 11.6 Å². The average molecular weight is 281 g/mol. The summed E-state index contributed by atoms with van der Waals surface area (Å²) in [6.07, 6.45) is 2.08. The van der Waals surface area contributed by atoms with Gasteiger partial charge in [-0.1, -0.05) is 11.6 Å². The van der Waals surface area contributed by atoms with E-state index in [9.17, 15) is 0 Å². The third kappa shape index (κ3) is 3.60. The highest BCUT2D eigenvalue weighted by molar-refractivity contribution is 6.33. The van der Waals surface area contributed by atoms with E-state index in [1.54, 1.807) is 12.1 Å². The van der Waals surface area contributed by atoms with E-state index in [1.807, 2.05) is 6.07 Å². The molecule has 1 fully saturated rings. The first-order valence-electron chi connectivity index (χ1n) is 6.41. The summed E-state index contributed by atoms with van der Waals surface area (Å²) in [6, 6.07) is 7.47. The Hall–Kier alpha value is -1.28. The van der Waals surface area contributed by atoms with Gasteiger partial charge in [0.2, 0.25) is 0 Å². The summed E-state index contributed by atoms with van der Waals surface area (Å²) in [5.41, 5.74) is 1.55. The van der Waals surface area contributed by atoms with Gasteiger partial charge in [-0.25, -0.2) is 0 Å². The fourth-order valence-corrected chi connectivity index (χ4v) is 2.62. The Morgan fingerprint density at radius 1 is 1.42 bits per heavy atom. The highest BCUT2D eigenvalue weighted by Gasteiger charge is 2.21. The van der Waals surface area contributed by atoms with Gasteiger partial charge in [0.05, 0.1) is 41.7 Å². The lowest BCUT2D eigenvalue weighted by atomic mass is 10.1. The van der Waals surface area contributed by atoms with Crippen LogP contribution in [0.25, 0.3) is 0 Å². The average Bonchev–Trinajstić information content (AvgIpc) is 2.45. The van der Waals surface area contributed by atoms with E-state index < -0.39 is 0 Å². The normalized spacial score (nSPS) is 16.4. The molecule has 4 nitrogen and oxygen atoms in total. The third-order valence-electron chi connectivity index (χ3n) is 3.30. The van der Waals surface area contributed by atoms with Crippen LogP contribution in [0.2, 0.25) is 5.02 Å². The van der Waals surface area contributed by atoms with E-state index in [4.69, 9.17) is 26.7 Å². The first-order valence-corrected chi connectivity index (χ1v) is 6.79. The molecule has 0 bridgehead atoms. The molecule has 0 radical (unpaired) electrons. The molecule has 0 amide bonds. The highest BCUT2D eigenvalue weighted by atomic mass is 35.5. The van der Waals surface area contributed by atoms with Gasteiger partial charge in [-0.05, 0) is 31.0 Å². The third-order valence-corrected chi connectivity index (χ3v) is 3.61. The summed E-state index contributed by atoms with van der Waals surface area (Å²) in [5.74, 6) is 0. The van der Waals surface area contributed by atoms with E-state index in [-0.39, 0.29) is 12.7 Å². The quantitative estimate of drug-likeness (QED) is 0.918. The first kappa shape index (κ1) is 14.1. The Bertz CT molecular complexity index is 465. The number of aliphatic hydroxyl groups excluding tert-OH is 1. The molecule has 1 aliphatic rings. The van der Waals surface area contributed by atoms with E-state index in [1.165, 1.54) is 0 Å². The number of piperidine rings is 1. The number of nitrogens with zero attached hydrogens (tertiary/aromatic N) is 2. The Kier molecular flexibility index (Phi) is 5.03. The molecule has 19 heavy (non-hydrogen) atoms. The van der Waals surface area contributed by atoms with Crippen LogP contribution in [0.15, 0.2) is 18.2 Å². The van der Waals surface area contributed by atoms with E-state index in [2.05, 4.69) is 11.0 Å². The number of ether oxygens (including phenoxy) is 1. The van der Waals surface area contributed by atoms with Gasteiger partial charge in [0.15, 0.2) is 0 Å². The molecule has 1 aromatic rings. The molecule has 0 saturated carbocycles. The number of rotatable bonds is 4. The van der Waals surface area contributed by atoms with Gasteiger partial charge in [0.1, 0.15) is 0 Å². The molecule has 0 aliphatic carbocycles. The first-order chi connectivity index (χ1) is 9.24. The van der Waals surface area contributed by atoms with Crippen LogP contribution in [0.1, 0.15) is 18.4 Å². The Morgan fingerprint density at radius 3 is 2.74 bits per heavy atom. The highest BCUT2D eigenvalue weighted by Crippen LogP contribution is 2.29. The van der Waals surface area contributed by atoms with E-state index in [0.29, 0.717) is 17.2 Å².